The van der Waals surface area contributed by atoms with Crippen molar-refractivity contribution in [1.29, 1.82) is 0 Å². The van der Waals surface area contributed by atoms with Gasteiger partial charge in [-0.05, 0) is 71.0 Å². The standard InChI is InChI=1S/C30H31FN2O3S/c1-22-14-17-37-28(22)20-33(19-23-8-12-27(31)13-9-23)29(34)21-32(15-5-16-36-2)30(35)26-11-10-24-6-3-4-7-25(24)18-26/h3-4,6-14,17-18H,5,15-16,19-21H2,1-2H3. The molecule has 0 radical (unpaired) electrons. The first-order chi connectivity index (χ1) is 17.9. The largest absolute Gasteiger partial charge is 0.385 e. The Morgan fingerprint density at radius 2 is 1.68 bits per heavy atom. The van der Waals surface area contributed by atoms with Crippen molar-refractivity contribution in [2.45, 2.75) is 26.4 Å². The zero-order chi connectivity index (χ0) is 26.2. The van der Waals surface area contributed by atoms with Gasteiger partial charge >= 0.3 is 0 Å². The molecule has 0 unspecified atom stereocenters. The van der Waals surface area contributed by atoms with Crippen LogP contribution in [0.2, 0.25) is 0 Å². The molecule has 0 atom stereocenters. The maximum Gasteiger partial charge on any atom is 0.254 e. The first-order valence-corrected chi connectivity index (χ1v) is 13.1. The number of rotatable bonds is 11. The number of fused-ring (bicyclic) bond motifs is 1. The van der Waals surface area contributed by atoms with Crippen LogP contribution in [0.4, 0.5) is 4.39 Å². The molecule has 7 heteroatoms. The maximum absolute atomic E-state index is 13.7. The van der Waals surface area contributed by atoms with Crippen LogP contribution in [0.25, 0.3) is 10.8 Å². The van der Waals surface area contributed by atoms with E-state index in [-0.39, 0.29) is 24.2 Å². The molecule has 1 aromatic heterocycles. The minimum Gasteiger partial charge on any atom is -0.385 e. The number of amides is 2. The molecule has 0 aliphatic heterocycles. The van der Waals surface area contributed by atoms with Crippen molar-refractivity contribution in [1.82, 2.24) is 9.80 Å². The van der Waals surface area contributed by atoms with Crippen molar-refractivity contribution in [2.75, 3.05) is 26.8 Å². The van der Waals surface area contributed by atoms with Crippen LogP contribution in [0.5, 0.6) is 0 Å². The van der Waals surface area contributed by atoms with Gasteiger partial charge in [-0.25, -0.2) is 4.39 Å². The van der Waals surface area contributed by atoms with E-state index in [1.807, 2.05) is 60.8 Å². The summed E-state index contributed by atoms with van der Waals surface area (Å²) in [5, 5.41) is 4.03. The summed E-state index contributed by atoms with van der Waals surface area (Å²) in [7, 11) is 1.62. The summed E-state index contributed by atoms with van der Waals surface area (Å²) in [4.78, 5) is 31.7. The summed E-state index contributed by atoms with van der Waals surface area (Å²) >= 11 is 1.60. The number of hydrogen-bond acceptors (Lipinski definition) is 4. The van der Waals surface area contributed by atoms with E-state index in [9.17, 15) is 14.0 Å². The number of carbonyl (C=O) groups is 2. The lowest BCUT2D eigenvalue weighted by molar-refractivity contribution is -0.133. The van der Waals surface area contributed by atoms with E-state index >= 15 is 0 Å². The Balaban J connectivity index is 1.57. The highest BCUT2D eigenvalue weighted by Gasteiger charge is 2.23. The van der Waals surface area contributed by atoms with Gasteiger partial charge in [0.1, 0.15) is 12.4 Å². The zero-order valence-electron chi connectivity index (χ0n) is 21.2. The topological polar surface area (TPSA) is 49.9 Å². The van der Waals surface area contributed by atoms with E-state index in [2.05, 4.69) is 0 Å². The molecule has 0 saturated carbocycles. The van der Waals surface area contributed by atoms with E-state index in [4.69, 9.17) is 4.74 Å². The van der Waals surface area contributed by atoms with Crippen molar-refractivity contribution in [2.24, 2.45) is 0 Å². The van der Waals surface area contributed by atoms with Gasteiger partial charge in [0.15, 0.2) is 0 Å². The third kappa shape index (κ3) is 7.02. The summed E-state index contributed by atoms with van der Waals surface area (Å²) in [6.45, 7) is 3.60. The molecule has 0 saturated heterocycles. The van der Waals surface area contributed by atoms with Crippen LogP contribution in [0.15, 0.2) is 78.2 Å². The number of carbonyl (C=O) groups excluding carboxylic acids is 2. The van der Waals surface area contributed by atoms with Gasteiger partial charge in [-0.15, -0.1) is 11.3 Å². The number of ether oxygens (including phenoxy) is 1. The molecule has 0 N–H and O–H groups in total. The number of nitrogens with zero attached hydrogens (tertiary/aromatic N) is 2. The molecule has 4 aromatic rings. The minimum absolute atomic E-state index is 0.0546. The molecule has 5 nitrogen and oxygen atoms in total. The van der Waals surface area contributed by atoms with E-state index in [1.165, 1.54) is 12.1 Å². The van der Waals surface area contributed by atoms with Crippen molar-refractivity contribution < 1.29 is 18.7 Å². The summed E-state index contributed by atoms with van der Waals surface area (Å²) in [6.07, 6.45) is 0.616. The molecule has 2 amide bonds. The normalized spacial score (nSPS) is 11.0. The van der Waals surface area contributed by atoms with E-state index in [0.29, 0.717) is 38.2 Å². The van der Waals surface area contributed by atoms with Crippen LogP contribution in [0, 0.1) is 12.7 Å². The van der Waals surface area contributed by atoms with Crippen molar-refractivity contribution in [3.63, 3.8) is 0 Å². The lowest BCUT2D eigenvalue weighted by Crippen LogP contribution is -2.43. The lowest BCUT2D eigenvalue weighted by Gasteiger charge is -2.28. The molecular formula is C30H31FN2O3S. The molecule has 0 aliphatic carbocycles. The minimum atomic E-state index is -0.318. The van der Waals surface area contributed by atoms with E-state index in [0.717, 1.165) is 26.8 Å². The highest BCUT2D eigenvalue weighted by molar-refractivity contribution is 7.10. The first-order valence-electron chi connectivity index (χ1n) is 12.3. The van der Waals surface area contributed by atoms with Gasteiger partial charge in [-0.1, -0.05) is 42.5 Å². The van der Waals surface area contributed by atoms with Crippen LogP contribution in [-0.2, 0) is 22.6 Å². The average Bonchev–Trinajstić information content (AvgIpc) is 3.32. The van der Waals surface area contributed by atoms with Gasteiger partial charge in [-0.3, -0.25) is 9.59 Å². The highest BCUT2D eigenvalue weighted by Crippen LogP contribution is 2.21. The molecular weight excluding hydrogens is 487 g/mol. The van der Waals surface area contributed by atoms with Crippen LogP contribution in [-0.4, -0.2) is 48.4 Å². The number of methoxy groups -OCH3 is 1. The SMILES string of the molecule is COCCCN(CC(=O)N(Cc1ccc(F)cc1)Cc1sccc1C)C(=O)c1ccc2ccccc2c1. The van der Waals surface area contributed by atoms with Gasteiger partial charge in [-0.2, -0.15) is 0 Å². The number of thiophene rings is 1. The highest BCUT2D eigenvalue weighted by atomic mass is 32.1. The molecule has 4 rings (SSSR count). The molecule has 0 fully saturated rings. The van der Waals surface area contributed by atoms with Crippen LogP contribution in [0.3, 0.4) is 0 Å². The molecule has 0 spiro atoms. The first kappa shape index (κ1) is 26.5. The number of aryl methyl sites for hydroxylation is 1. The second-order valence-electron chi connectivity index (χ2n) is 9.04. The van der Waals surface area contributed by atoms with E-state index in [1.54, 1.807) is 40.4 Å². The van der Waals surface area contributed by atoms with E-state index < -0.39 is 0 Å². The molecule has 192 valence electrons. The van der Waals surface area contributed by atoms with Crippen molar-refractivity contribution in [3.8, 4) is 0 Å². The Labute approximate surface area is 221 Å². The van der Waals surface area contributed by atoms with Crippen LogP contribution in [0.1, 0.15) is 32.8 Å². The predicted molar refractivity (Wildman–Crippen MR) is 146 cm³/mol. The smallest absolute Gasteiger partial charge is 0.254 e. The van der Waals surface area contributed by atoms with Gasteiger partial charge in [0.05, 0.1) is 6.54 Å². The average molecular weight is 519 g/mol. The zero-order valence-corrected chi connectivity index (χ0v) is 22.0. The predicted octanol–water partition coefficient (Wildman–Crippen LogP) is 6.06. The van der Waals surface area contributed by atoms with Gasteiger partial charge in [0.2, 0.25) is 5.91 Å². The molecule has 0 aliphatic rings. The maximum atomic E-state index is 13.7. The molecule has 0 bridgehead atoms. The monoisotopic (exact) mass is 518 g/mol. The van der Waals surface area contributed by atoms with Gasteiger partial charge < -0.3 is 14.5 Å². The third-order valence-electron chi connectivity index (χ3n) is 6.33. The fourth-order valence-corrected chi connectivity index (χ4v) is 5.12. The molecule has 37 heavy (non-hydrogen) atoms. The van der Waals surface area contributed by atoms with Gasteiger partial charge in [0, 0.05) is 37.2 Å². The second-order valence-corrected chi connectivity index (χ2v) is 10.0. The third-order valence-corrected chi connectivity index (χ3v) is 7.34. The van der Waals surface area contributed by atoms with Crippen LogP contribution < -0.4 is 0 Å². The van der Waals surface area contributed by atoms with Gasteiger partial charge in [0.25, 0.3) is 5.91 Å². The molecule has 1 heterocycles. The fraction of sp³-hybridized carbons (Fsp3) is 0.267. The Kier molecular flexibility index (Phi) is 9.04. The molecule has 3 aromatic carbocycles. The number of hydrogen-bond donors (Lipinski definition) is 0. The summed E-state index contributed by atoms with van der Waals surface area (Å²) in [5.74, 6) is -0.672. The quantitative estimate of drug-likeness (QED) is 0.227. The van der Waals surface area contributed by atoms with Crippen molar-refractivity contribution in [3.05, 3.63) is 106 Å². The Morgan fingerprint density at radius 3 is 2.38 bits per heavy atom. The Bertz CT molecular complexity index is 1350. The summed E-state index contributed by atoms with van der Waals surface area (Å²) in [6, 6.07) is 21.7. The Hall–Kier alpha value is -3.55. The van der Waals surface area contributed by atoms with Crippen molar-refractivity contribution >= 4 is 33.9 Å². The lowest BCUT2D eigenvalue weighted by atomic mass is 10.1. The Morgan fingerprint density at radius 1 is 0.919 bits per heavy atom. The second kappa shape index (κ2) is 12.6. The fourth-order valence-electron chi connectivity index (χ4n) is 4.20. The number of benzene rings is 3. The summed E-state index contributed by atoms with van der Waals surface area (Å²) in [5.41, 5.74) is 2.49. The van der Waals surface area contributed by atoms with Crippen LogP contribution >= 0.6 is 11.3 Å². The summed E-state index contributed by atoms with van der Waals surface area (Å²) < 4.78 is 18.7. The number of halogens is 1.